The van der Waals surface area contributed by atoms with E-state index in [0.717, 1.165) is 6.42 Å². The standard InChI is InChI=1S/C8H13BrO3/c1-6(9)4-12-8(10)7-2-3-11-5-7/h6-7H,2-5H2,1H3. The molecule has 0 aromatic rings. The zero-order valence-electron chi connectivity index (χ0n) is 7.09. The van der Waals surface area contributed by atoms with E-state index in [2.05, 4.69) is 15.9 Å². The van der Waals surface area contributed by atoms with Gasteiger partial charge in [0.1, 0.15) is 6.61 Å². The van der Waals surface area contributed by atoms with Crippen LogP contribution >= 0.6 is 15.9 Å². The summed E-state index contributed by atoms with van der Waals surface area (Å²) in [5.41, 5.74) is 0. The van der Waals surface area contributed by atoms with Gasteiger partial charge >= 0.3 is 5.97 Å². The highest BCUT2D eigenvalue weighted by Crippen LogP contribution is 2.14. The Bertz CT molecular complexity index is 152. The van der Waals surface area contributed by atoms with Crippen LogP contribution in [0.25, 0.3) is 0 Å². The first-order valence-corrected chi connectivity index (χ1v) is 5.00. The number of halogens is 1. The molecule has 1 heterocycles. The molecule has 1 aliphatic rings. The first-order chi connectivity index (χ1) is 5.70. The van der Waals surface area contributed by atoms with E-state index >= 15 is 0 Å². The lowest BCUT2D eigenvalue weighted by Gasteiger charge is -2.09. The molecule has 0 radical (unpaired) electrons. The third-order valence-corrected chi connectivity index (χ3v) is 1.98. The molecule has 12 heavy (non-hydrogen) atoms. The van der Waals surface area contributed by atoms with E-state index in [1.54, 1.807) is 0 Å². The Morgan fingerprint density at radius 1 is 1.83 bits per heavy atom. The Labute approximate surface area is 80.5 Å². The zero-order chi connectivity index (χ0) is 8.97. The van der Waals surface area contributed by atoms with Crippen molar-refractivity contribution in [1.82, 2.24) is 0 Å². The van der Waals surface area contributed by atoms with Gasteiger partial charge in [0.05, 0.1) is 12.5 Å². The summed E-state index contributed by atoms with van der Waals surface area (Å²) in [6.07, 6.45) is 0.801. The smallest absolute Gasteiger partial charge is 0.311 e. The van der Waals surface area contributed by atoms with Gasteiger partial charge in [-0.3, -0.25) is 4.79 Å². The Kier molecular flexibility index (Phi) is 4.01. The van der Waals surface area contributed by atoms with Crippen molar-refractivity contribution in [3.05, 3.63) is 0 Å². The molecule has 2 atom stereocenters. The molecule has 70 valence electrons. The average Bonchev–Trinajstić information content (AvgIpc) is 2.51. The quantitative estimate of drug-likeness (QED) is 0.549. The summed E-state index contributed by atoms with van der Waals surface area (Å²) < 4.78 is 10.1. The highest BCUT2D eigenvalue weighted by molar-refractivity contribution is 9.09. The number of ether oxygens (including phenoxy) is 2. The topological polar surface area (TPSA) is 35.5 Å². The maximum Gasteiger partial charge on any atom is 0.311 e. The van der Waals surface area contributed by atoms with Crippen molar-refractivity contribution in [3.8, 4) is 0 Å². The van der Waals surface area contributed by atoms with Crippen LogP contribution in [0.15, 0.2) is 0 Å². The molecule has 3 nitrogen and oxygen atoms in total. The van der Waals surface area contributed by atoms with Gasteiger partial charge in [-0.25, -0.2) is 0 Å². The largest absolute Gasteiger partial charge is 0.464 e. The number of hydrogen-bond acceptors (Lipinski definition) is 3. The zero-order valence-corrected chi connectivity index (χ0v) is 8.67. The fourth-order valence-corrected chi connectivity index (χ4v) is 1.17. The van der Waals surface area contributed by atoms with Crippen LogP contribution in [0.5, 0.6) is 0 Å². The Hall–Kier alpha value is -0.0900. The minimum atomic E-state index is -0.126. The van der Waals surface area contributed by atoms with E-state index in [4.69, 9.17) is 9.47 Å². The molecule has 1 rings (SSSR count). The maximum absolute atomic E-state index is 11.2. The molecule has 0 amide bonds. The minimum absolute atomic E-state index is 0.0313. The van der Waals surface area contributed by atoms with Gasteiger partial charge in [0, 0.05) is 11.4 Å². The summed E-state index contributed by atoms with van der Waals surface area (Å²) in [6.45, 7) is 3.59. The van der Waals surface area contributed by atoms with E-state index in [9.17, 15) is 4.79 Å². The summed E-state index contributed by atoms with van der Waals surface area (Å²) in [5, 5.41) is 0. The molecule has 1 fully saturated rings. The van der Waals surface area contributed by atoms with Gasteiger partial charge in [-0.15, -0.1) is 0 Å². The van der Waals surface area contributed by atoms with E-state index in [0.29, 0.717) is 19.8 Å². The van der Waals surface area contributed by atoms with Crippen LogP contribution in [0, 0.1) is 5.92 Å². The minimum Gasteiger partial charge on any atom is -0.464 e. The van der Waals surface area contributed by atoms with Crippen molar-refractivity contribution in [2.45, 2.75) is 18.2 Å². The molecule has 0 bridgehead atoms. The first kappa shape index (κ1) is 9.99. The normalized spacial score (nSPS) is 25.3. The van der Waals surface area contributed by atoms with E-state index < -0.39 is 0 Å². The van der Waals surface area contributed by atoms with Crippen LogP contribution in [-0.2, 0) is 14.3 Å². The van der Waals surface area contributed by atoms with Gasteiger partial charge in [-0.05, 0) is 13.3 Å². The lowest BCUT2D eigenvalue weighted by Crippen LogP contribution is -2.20. The van der Waals surface area contributed by atoms with Gasteiger partial charge in [-0.1, -0.05) is 15.9 Å². The van der Waals surface area contributed by atoms with Gasteiger partial charge in [0.2, 0.25) is 0 Å². The first-order valence-electron chi connectivity index (χ1n) is 4.08. The monoisotopic (exact) mass is 236 g/mol. The predicted octanol–water partition coefficient (Wildman–Crippen LogP) is 1.35. The number of rotatable bonds is 3. The second-order valence-electron chi connectivity index (χ2n) is 2.97. The van der Waals surface area contributed by atoms with Crippen LogP contribution in [0.3, 0.4) is 0 Å². The van der Waals surface area contributed by atoms with Gasteiger partial charge in [0.15, 0.2) is 0 Å². The SMILES string of the molecule is CC(Br)COC(=O)C1CCOC1. The van der Waals surface area contributed by atoms with Crippen molar-refractivity contribution in [2.24, 2.45) is 5.92 Å². The van der Waals surface area contributed by atoms with Gasteiger partial charge in [0.25, 0.3) is 0 Å². The highest BCUT2D eigenvalue weighted by Gasteiger charge is 2.24. The maximum atomic E-state index is 11.2. The number of esters is 1. The Morgan fingerprint density at radius 3 is 3.08 bits per heavy atom. The summed E-state index contributed by atoms with van der Waals surface area (Å²) >= 11 is 3.30. The number of hydrogen-bond donors (Lipinski definition) is 0. The molecule has 1 aliphatic heterocycles. The third kappa shape index (κ3) is 3.11. The number of carbonyl (C=O) groups is 1. The molecule has 0 aromatic carbocycles. The second kappa shape index (κ2) is 4.82. The number of alkyl halides is 1. The van der Waals surface area contributed by atoms with Crippen molar-refractivity contribution >= 4 is 21.9 Å². The Morgan fingerprint density at radius 2 is 2.58 bits per heavy atom. The van der Waals surface area contributed by atoms with Crippen LogP contribution in [-0.4, -0.2) is 30.6 Å². The molecule has 0 saturated carbocycles. The molecule has 2 unspecified atom stereocenters. The average molecular weight is 237 g/mol. The molecule has 4 heteroatoms. The van der Waals surface area contributed by atoms with Crippen molar-refractivity contribution in [1.29, 1.82) is 0 Å². The molecule has 1 saturated heterocycles. The summed E-state index contributed by atoms with van der Waals surface area (Å²) in [5.74, 6) is -0.157. The molecular formula is C8H13BrO3. The van der Waals surface area contributed by atoms with Crippen LogP contribution in [0.4, 0.5) is 0 Å². The van der Waals surface area contributed by atoms with Gasteiger partial charge in [-0.2, -0.15) is 0 Å². The van der Waals surface area contributed by atoms with Crippen LogP contribution in [0.2, 0.25) is 0 Å². The van der Waals surface area contributed by atoms with Crippen LogP contribution < -0.4 is 0 Å². The summed E-state index contributed by atoms with van der Waals surface area (Å²) in [6, 6.07) is 0. The lowest BCUT2D eigenvalue weighted by molar-refractivity contribution is -0.148. The molecule has 0 aromatic heterocycles. The Balaban J connectivity index is 2.18. The van der Waals surface area contributed by atoms with Crippen molar-refractivity contribution < 1.29 is 14.3 Å². The van der Waals surface area contributed by atoms with Gasteiger partial charge < -0.3 is 9.47 Å². The van der Waals surface area contributed by atoms with Crippen molar-refractivity contribution in [3.63, 3.8) is 0 Å². The third-order valence-electron chi connectivity index (χ3n) is 1.72. The van der Waals surface area contributed by atoms with Crippen LogP contribution in [0.1, 0.15) is 13.3 Å². The van der Waals surface area contributed by atoms with E-state index in [1.165, 1.54) is 0 Å². The van der Waals surface area contributed by atoms with Crippen molar-refractivity contribution in [2.75, 3.05) is 19.8 Å². The molecule has 0 aliphatic carbocycles. The lowest BCUT2D eigenvalue weighted by atomic mass is 10.1. The predicted molar refractivity (Wildman–Crippen MR) is 48.3 cm³/mol. The molecule has 0 N–H and O–H groups in total. The van der Waals surface area contributed by atoms with E-state index in [1.807, 2.05) is 6.92 Å². The number of carbonyl (C=O) groups excluding carboxylic acids is 1. The summed E-state index contributed by atoms with van der Waals surface area (Å²) in [7, 11) is 0. The molecule has 0 spiro atoms. The second-order valence-corrected chi connectivity index (χ2v) is 4.53. The fourth-order valence-electron chi connectivity index (χ4n) is 1.04. The highest BCUT2D eigenvalue weighted by atomic mass is 79.9. The summed E-state index contributed by atoms with van der Waals surface area (Å²) in [4.78, 5) is 11.5. The van der Waals surface area contributed by atoms with E-state index in [-0.39, 0.29) is 16.7 Å². The molecular weight excluding hydrogens is 224 g/mol. The fraction of sp³-hybridized carbons (Fsp3) is 0.875.